The minimum Gasteiger partial charge on any atom is -0.455 e. The Morgan fingerprint density at radius 3 is 2.08 bits per heavy atom. The van der Waals surface area contributed by atoms with Crippen LogP contribution in [-0.4, -0.2) is 9.78 Å². The summed E-state index contributed by atoms with van der Waals surface area (Å²) in [5.41, 5.74) is 10.2. The summed E-state index contributed by atoms with van der Waals surface area (Å²) in [5.74, 6) is 2.35. The molecule has 0 saturated carbocycles. The zero-order chi connectivity index (χ0) is 27.4. The number of benzene rings is 4. The fourth-order valence-electron chi connectivity index (χ4n) is 6.10. The van der Waals surface area contributed by atoms with Crippen molar-refractivity contribution in [1.82, 2.24) is 9.78 Å². The molecule has 0 unspecified atom stereocenters. The van der Waals surface area contributed by atoms with E-state index in [1.54, 1.807) is 0 Å². The van der Waals surface area contributed by atoms with Crippen LogP contribution in [0.25, 0.3) is 50.1 Å². The van der Waals surface area contributed by atoms with Crippen LogP contribution < -0.4 is 4.57 Å². The molecule has 0 atom stereocenters. The molecule has 0 radical (unpaired) electrons. The lowest BCUT2D eigenvalue weighted by Crippen LogP contribution is -2.40. The molecule has 4 heteroatoms. The summed E-state index contributed by atoms with van der Waals surface area (Å²) < 4.78 is 11.2. The number of fused-ring (bicyclic) bond motifs is 3. The Kier molecular flexibility index (Phi) is 6.14. The second-order valence-electron chi connectivity index (χ2n) is 11.2. The average Bonchev–Trinajstić information content (AvgIpc) is 3.45. The van der Waals surface area contributed by atoms with Crippen molar-refractivity contribution >= 4 is 21.9 Å². The second kappa shape index (κ2) is 9.53. The summed E-state index contributed by atoms with van der Waals surface area (Å²) in [6.45, 7) is 15.5. The standard InChI is InChI=1S/C35H36N3O/c1-21(2)28-17-18-30-29-15-11-12-16-31(29)39-34(30)32(28)35-37(22(3)4)25(7)36-38(35)33-23(5)19-27(20-24(33)6)26-13-9-8-10-14-26/h8-22H,1-7H3/q+1. The predicted octanol–water partition coefficient (Wildman–Crippen LogP) is 9.02. The number of furan rings is 1. The van der Waals surface area contributed by atoms with Crippen LogP contribution >= 0.6 is 0 Å². The van der Waals surface area contributed by atoms with Crippen LogP contribution in [0.2, 0.25) is 0 Å². The Morgan fingerprint density at radius 1 is 0.744 bits per heavy atom. The highest BCUT2D eigenvalue weighted by Crippen LogP contribution is 2.41. The monoisotopic (exact) mass is 514 g/mol. The van der Waals surface area contributed by atoms with Crippen LogP contribution in [0.3, 0.4) is 0 Å². The van der Waals surface area contributed by atoms with E-state index in [1.165, 1.54) is 27.8 Å². The smallest absolute Gasteiger partial charge is 0.278 e. The first-order valence-electron chi connectivity index (χ1n) is 13.9. The number of hydrogen-bond donors (Lipinski definition) is 0. The van der Waals surface area contributed by atoms with E-state index in [0.29, 0.717) is 5.92 Å². The highest BCUT2D eigenvalue weighted by atomic mass is 16.3. The van der Waals surface area contributed by atoms with E-state index in [2.05, 4.69) is 131 Å². The summed E-state index contributed by atoms with van der Waals surface area (Å²) in [6, 6.07) is 28.2. The predicted molar refractivity (Wildman–Crippen MR) is 161 cm³/mol. The highest BCUT2D eigenvalue weighted by Gasteiger charge is 2.34. The molecule has 4 nitrogen and oxygen atoms in total. The molecule has 39 heavy (non-hydrogen) atoms. The summed E-state index contributed by atoms with van der Waals surface area (Å²) in [4.78, 5) is 0. The molecule has 2 heterocycles. The van der Waals surface area contributed by atoms with Gasteiger partial charge in [0, 0.05) is 22.8 Å². The molecule has 0 saturated heterocycles. The van der Waals surface area contributed by atoms with E-state index < -0.39 is 0 Å². The molecule has 0 aliphatic carbocycles. The van der Waals surface area contributed by atoms with Crippen LogP contribution in [0, 0.1) is 20.8 Å². The zero-order valence-electron chi connectivity index (χ0n) is 23.9. The quantitative estimate of drug-likeness (QED) is 0.215. The maximum Gasteiger partial charge on any atom is 0.278 e. The number of hydrogen-bond acceptors (Lipinski definition) is 2. The average molecular weight is 515 g/mol. The fraction of sp³-hybridized carbons (Fsp3) is 0.257. The summed E-state index contributed by atoms with van der Waals surface area (Å²) in [6.07, 6.45) is 0. The fourth-order valence-corrected chi connectivity index (χ4v) is 6.10. The SMILES string of the molecule is Cc1cc(-c2ccccc2)cc(C)c1-n1nc(C)[n+](C(C)C)c1-c1c(C(C)C)ccc2c1oc1ccccc12. The molecule has 0 bridgehead atoms. The minimum atomic E-state index is 0.220. The van der Waals surface area contributed by atoms with Crippen molar-refractivity contribution in [3.8, 4) is 28.2 Å². The van der Waals surface area contributed by atoms with E-state index in [4.69, 9.17) is 9.52 Å². The molecule has 6 rings (SSSR count). The molecule has 196 valence electrons. The third-order valence-corrected chi connectivity index (χ3v) is 7.77. The Balaban J connectivity index is 1.71. The summed E-state index contributed by atoms with van der Waals surface area (Å²) in [7, 11) is 0. The normalized spacial score (nSPS) is 11.9. The van der Waals surface area contributed by atoms with Gasteiger partial charge in [0.25, 0.3) is 11.6 Å². The molecule has 0 N–H and O–H groups in total. The van der Waals surface area contributed by atoms with Gasteiger partial charge in [-0.05, 0) is 79.6 Å². The van der Waals surface area contributed by atoms with Crippen molar-refractivity contribution in [1.29, 1.82) is 0 Å². The number of nitrogens with zero attached hydrogens (tertiary/aromatic N) is 3. The molecular weight excluding hydrogens is 478 g/mol. The number of aromatic nitrogens is 3. The van der Waals surface area contributed by atoms with Gasteiger partial charge >= 0.3 is 0 Å². The Hall–Kier alpha value is -4.18. The molecule has 0 aliphatic rings. The lowest BCUT2D eigenvalue weighted by atomic mass is 9.93. The lowest BCUT2D eigenvalue weighted by Gasteiger charge is -2.16. The van der Waals surface area contributed by atoms with Gasteiger partial charge < -0.3 is 4.42 Å². The van der Waals surface area contributed by atoms with Gasteiger partial charge in [-0.15, -0.1) is 0 Å². The molecule has 2 aromatic heterocycles. The molecule has 0 spiro atoms. The van der Waals surface area contributed by atoms with Gasteiger partial charge in [-0.3, -0.25) is 0 Å². The van der Waals surface area contributed by atoms with Gasteiger partial charge in [0.1, 0.15) is 16.9 Å². The van der Waals surface area contributed by atoms with E-state index in [-0.39, 0.29) is 6.04 Å². The topological polar surface area (TPSA) is 34.8 Å². The van der Waals surface area contributed by atoms with Gasteiger partial charge in [-0.1, -0.05) is 79.2 Å². The van der Waals surface area contributed by atoms with E-state index in [9.17, 15) is 0 Å². The van der Waals surface area contributed by atoms with Crippen LogP contribution in [0.5, 0.6) is 0 Å². The Labute approximate surface area is 230 Å². The maximum absolute atomic E-state index is 6.65. The molecule has 0 aliphatic heterocycles. The van der Waals surface area contributed by atoms with Crippen molar-refractivity contribution in [2.75, 3.05) is 0 Å². The highest BCUT2D eigenvalue weighted by molar-refractivity contribution is 6.09. The van der Waals surface area contributed by atoms with Gasteiger partial charge in [0.05, 0.1) is 11.6 Å². The first-order chi connectivity index (χ1) is 18.8. The number of para-hydroxylation sites is 1. The molecule has 6 aromatic rings. The van der Waals surface area contributed by atoms with E-state index >= 15 is 0 Å². The molecule has 0 amide bonds. The van der Waals surface area contributed by atoms with Crippen molar-refractivity contribution in [2.45, 2.75) is 60.4 Å². The van der Waals surface area contributed by atoms with Crippen molar-refractivity contribution < 1.29 is 8.98 Å². The minimum absolute atomic E-state index is 0.220. The lowest BCUT2D eigenvalue weighted by molar-refractivity contribution is -0.711. The van der Waals surface area contributed by atoms with Crippen LogP contribution in [0.4, 0.5) is 0 Å². The molecular formula is C35H36N3O+. The van der Waals surface area contributed by atoms with E-state index in [1.807, 2.05) is 6.07 Å². The first-order valence-corrected chi connectivity index (χ1v) is 13.9. The van der Waals surface area contributed by atoms with Crippen LogP contribution in [0.15, 0.2) is 83.3 Å². The first kappa shape index (κ1) is 25.1. The second-order valence-corrected chi connectivity index (χ2v) is 11.2. The Bertz CT molecular complexity index is 1810. The molecule has 4 aromatic carbocycles. The largest absolute Gasteiger partial charge is 0.455 e. The number of aryl methyl sites for hydroxylation is 3. The van der Waals surface area contributed by atoms with Gasteiger partial charge in [-0.2, -0.15) is 0 Å². The van der Waals surface area contributed by atoms with Crippen molar-refractivity contribution in [3.63, 3.8) is 0 Å². The van der Waals surface area contributed by atoms with Gasteiger partial charge in [-0.25, -0.2) is 4.57 Å². The zero-order valence-corrected chi connectivity index (χ0v) is 23.9. The maximum atomic E-state index is 6.65. The number of rotatable bonds is 5. The van der Waals surface area contributed by atoms with Crippen LogP contribution in [-0.2, 0) is 0 Å². The summed E-state index contributed by atoms with van der Waals surface area (Å²) >= 11 is 0. The third kappa shape index (κ3) is 4.06. The van der Waals surface area contributed by atoms with Crippen molar-refractivity contribution in [2.24, 2.45) is 0 Å². The summed E-state index contributed by atoms with van der Waals surface area (Å²) in [5, 5.41) is 7.48. The van der Waals surface area contributed by atoms with Gasteiger partial charge in [0.15, 0.2) is 0 Å². The Morgan fingerprint density at radius 2 is 1.41 bits per heavy atom. The van der Waals surface area contributed by atoms with Crippen molar-refractivity contribution in [3.05, 3.63) is 101 Å². The van der Waals surface area contributed by atoms with Crippen LogP contribution in [0.1, 0.15) is 62.2 Å². The van der Waals surface area contributed by atoms with E-state index in [0.717, 1.165) is 44.8 Å². The van der Waals surface area contributed by atoms with Gasteiger partial charge in [0.2, 0.25) is 0 Å². The third-order valence-electron chi connectivity index (χ3n) is 7.77. The molecule has 0 fully saturated rings.